The molecule has 0 radical (unpaired) electrons. The summed E-state index contributed by atoms with van der Waals surface area (Å²) < 4.78 is 16.5. The summed E-state index contributed by atoms with van der Waals surface area (Å²) in [6, 6.07) is 17.9. The van der Waals surface area contributed by atoms with E-state index in [1.807, 2.05) is 30.3 Å². The van der Waals surface area contributed by atoms with Gasteiger partial charge in [0.05, 0.1) is 25.3 Å². The van der Waals surface area contributed by atoms with Gasteiger partial charge in [0.1, 0.15) is 11.8 Å². The number of hydrogen-bond acceptors (Lipinski definition) is 9. The molecule has 2 heterocycles. The minimum Gasteiger partial charge on any atom is -0.493 e. The maximum absolute atomic E-state index is 13.2. The van der Waals surface area contributed by atoms with Crippen LogP contribution in [0.15, 0.2) is 60.7 Å². The van der Waals surface area contributed by atoms with Gasteiger partial charge < -0.3 is 24.8 Å². The van der Waals surface area contributed by atoms with E-state index in [2.05, 4.69) is 28.1 Å². The number of imide groups is 2. The van der Waals surface area contributed by atoms with Gasteiger partial charge in [-0.25, -0.2) is 0 Å². The fraction of sp³-hybridized carbons (Fsp3) is 0.425. The van der Waals surface area contributed by atoms with E-state index >= 15 is 0 Å². The average molecular weight is 713 g/mol. The molecule has 52 heavy (non-hydrogen) atoms. The number of nitrogens with one attached hydrogen (secondary N) is 3. The van der Waals surface area contributed by atoms with Crippen LogP contribution < -0.4 is 30.2 Å². The molecule has 0 spiro atoms. The number of ether oxygens (including phenoxy) is 3. The maximum atomic E-state index is 13.2. The number of benzene rings is 3. The highest BCUT2D eigenvalue weighted by molar-refractivity contribution is 6.25. The van der Waals surface area contributed by atoms with Crippen molar-refractivity contribution in [2.45, 2.75) is 76.7 Å². The number of fused-ring (bicyclic) bond motifs is 1. The lowest BCUT2D eigenvalue weighted by Gasteiger charge is -2.27. The van der Waals surface area contributed by atoms with E-state index in [1.54, 1.807) is 32.4 Å². The summed E-state index contributed by atoms with van der Waals surface area (Å²) in [5, 5.41) is 8.45. The topological polar surface area (TPSA) is 152 Å². The molecule has 5 amide bonds. The molecule has 2 aliphatic rings. The Bertz CT molecular complexity index is 1760. The molecule has 0 saturated carbocycles. The summed E-state index contributed by atoms with van der Waals surface area (Å²) in [6.07, 6.45) is 8.81. The molecule has 3 aromatic carbocycles. The van der Waals surface area contributed by atoms with Gasteiger partial charge >= 0.3 is 0 Å². The zero-order valence-corrected chi connectivity index (χ0v) is 30.0. The molecule has 12 heteroatoms. The second-order valence-electron chi connectivity index (χ2n) is 13.1. The third-order valence-electron chi connectivity index (χ3n) is 9.36. The second-order valence-corrected chi connectivity index (χ2v) is 13.1. The number of amides is 5. The SMILES string of the molecule is COc1ccc(CCCc2cccc(OCC(=O)NCCCCCCCCNc3cccc4c3C(=O)N(C3CCC(=O)NC3=O)C4=O)c2)cc1OC. The molecule has 1 unspecified atom stereocenters. The number of piperidine rings is 1. The summed E-state index contributed by atoms with van der Waals surface area (Å²) >= 11 is 0. The number of nitrogens with zero attached hydrogens (tertiary/aromatic N) is 1. The predicted octanol–water partition coefficient (Wildman–Crippen LogP) is 5.23. The lowest BCUT2D eigenvalue weighted by atomic mass is 10.0. The Hall–Kier alpha value is -5.39. The Kier molecular flexibility index (Phi) is 13.6. The molecule has 3 N–H and O–H groups in total. The van der Waals surface area contributed by atoms with Crippen LogP contribution in [0, 0.1) is 0 Å². The van der Waals surface area contributed by atoms with Gasteiger partial charge in [0.15, 0.2) is 18.1 Å². The molecule has 2 aliphatic heterocycles. The number of carbonyl (C=O) groups excluding carboxylic acids is 5. The number of hydrogen-bond donors (Lipinski definition) is 3. The summed E-state index contributed by atoms with van der Waals surface area (Å²) in [7, 11) is 3.27. The Morgan fingerprint density at radius 2 is 1.50 bits per heavy atom. The normalized spacial score (nSPS) is 15.3. The zero-order chi connectivity index (χ0) is 36.9. The Morgan fingerprint density at radius 1 is 0.788 bits per heavy atom. The van der Waals surface area contributed by atoms with Gasteiger partial charge in [0.2, 0.25) is 11.8 Å². The van der Waals surface area contributed by atoms with Crippen LogP contribution in [0.3, 0.4) is 0 Å². The fourth-order valence-electron chi connectivity index (χ4n) is 6.59. The van der Waals surface area contributed by atoms with Crippen LogP contribution in [0.1, 0.15) is 89.6 Å². The van der Waals surface area contributed by atoms with Gasteiger partial charge in [0, 0.05) is 25.2 Å². The van der Waals surface area contributed by atoms with Crippen molar-refractivity contribution in [1.82, 2.24) is 15.5 Å². The summed E-state index contributed by atoms with van der Waals surface area (Å²) in [5.41, 5.74) is 3.45. The van der Waals surface area contributed by atoms with E-state index in [4.69, 9.17) is 14.2 Å². The highest BCUT2D eigenvalue weighted by Crippen LogP contribution is 2.32. The molecule has 0 aliphatic carbocycles. The first kappa shape index (κ1) is 37.9. The van der Waals surface area contributed by atoms with Crippen molar-refractivity contribution in [3.8, 4) is 17.2 Å². The lowest BCUT2D eigenvalue weighted by molar-refractivity contribution is -0.136. The summed E-state index contributed by atoms with van der Waals surface area (Å²) in [6.45, 7) is 1.21. The number of carbonyl (C=O) groups is 5. The van der Waals surface area contributed by atoms with Crippen molar-refractivity contribution >= 4 is 35.2 Å². The van der Waals surface area contributed by atoms with Crippen LogP contribution in [-0.2, 0) is 27.2 Å². The molecular formula is C40H48N4O8. The van der Waals surface area contributed by atoms with Crippen LogP contribution in [0.4, 0.5) is 5.69 Å². The molecule has 3 aromatic rings. The molecule has 5 rings (SSSR count). The van der Waals surface area contributed by atoms with Crippen LogP contribution >= 0.6 is 0 Å². The van der Waals surface area contributed by atoms with E-state index in [-0.39, 0.29) is 36.5 Å². The van der Waals surface area contributed by atoms with Gasteiger partial charge in [-0.1, -0.05) is 49.9 Å². The second kappa shape index (κ2) is 18.7. The fourth-order valence-corrected chi connectivity index (χ4v) is 6.59. The van der Waals surface area contributed by atoms with Crippen molar-refractivity contribution in [2.24, 2.45) is 0 Å². The van der Waals surface area contributed by atoms with Gasteiger partial charge in [-0.3, -0.25) is 34.2 Å². The van der Waals surface area contributed by atoms with Crippen molar-refractivity contribution in [3.63, 3.8) is 0 Å². The van der Waals surface area contributed by atoms with Gasteiger partial charge in [-0.15, -0.1) is 0 Å². The van der Waals surface area contributed by atoms with E-state index in [9.17, 15) is 24.0 Å². The van der Waals surface area contributed by atoms with Crippen molar-refractivity contribution in [3.05, 3.63) is 82.9 Å². The van der Waals surface area contributed by atoms with E-state index < -0.39 is 29.7 Å². The smallest absolute Gasteiger partial charge is 0.264 e. The zero-order valence-electron chi connectivity index (χ0n) is 30.0. The summed E-state index contributed by atoms with van der Waals surface area (Å²) in [5.74, 6) is -0.0593. The standard InChI is InChI=1S/C40H48N4O8/c1-50-33-20-18-28(25-34(33)51-2)13-9-12-27-14-10-15-29(24-27)52-26-36(46)42-23-8-6-4-3-5-7-22-41-31-17-11-16-30-37(31)40(49)44(39(30)48)32-19-21-35(45)43-38(32)47/h10-11,14-18,20,24-25,32,41H,3-9,12-13,19,21-23,26H2,1-2H3,(H,42,46)(H,43,45,47). The third kappa shape index (κ3) is 9.89. The van der Waals surface area contributed by atoms with Gasteiger partial charge in [0.25, 0.3) is 17.7 Å². The molecule has 0 bridgehead atoms. The Morgan fingerprint density at radius 3 is 2.25 bits per heavy atom. The molecule has 1 atom stereocenters. The summed E-state index contributed by atoms with van der Waals surface area (Å²) in [4.78, 5) is 63.5. The van der Waals surface area contributed by atoms with E-state index in [0.29, 0.717) is 24.5 Å². The highest BCUT2D eigenvalue weighted by Gasteiger charge is 2.45. The van der Waals surface area contributed by atoms with Crippen molar-refractivity contribution in [1.29, 1.82) is 0 Å². The monoisotopic (exact) mass is 712 g/mol. The maximum Gasteiger partial charge on any atom is 0.264 e. The van der Waals surface area contributed by atoms with Crippen molar-refractivity contribution < 1.29 is 38.2 Å². The number of aryl methyl sites for hydroxylation is 2. The number of unbranched alkanes of at least 4 members (excludes halogenated alkanes) is 5. The van der Waals surface area contributed by atoms with Gasteiger partial charge in [-0.05, 0) is 86.1 Å². The van der Waals surface area contributed by atoms with Crippen LogP contribution in [0.5, 0.6) is 17.2 Å². The first-order valence-corrected chi connectivity index (χ1v) is 18.1. The minimum atomic E-state index is -0.985. The third-order valence-corrected chi connectivity index (χ3v) is 9.36. The van der Waals surface area contributed by atoms with Crippen molar-refractivity contribution in [2.75, 3.05) is 39.2 Å². The molecule has 276 valence electrons. The van der Waals surface area contributed by atoms with Crippen LogP contribution in [0.25, 0.3) is 0 Å². The lowest BCUT2D eigenvalue weighted by Crippen LogP contribution is -2.54. The number of rotatable bonds is 20. The Balaban J connectivity index is 0.913. The predicted molar refractivity (Wildman–Crippen MR) is 196 cm³/mol. The van der Waals surface area contributed by atoms with Crippen LogP contribution in [0.2, 0.25) is 0 Å². The highest BCUT2D eigenvalue weighted by atomic mass is 16.5. The molecule has 0 aromatic heterocycles. The Labute approximate surface area is 304 Å². The molecular weight excluding hydrogens is 664 g/mol. The number of methoxy groups -OCH3 is 2. The van der Waals surface area contributed by atoms with E-state index in [1.165, 1.54) is 5.56 Å². The number of anilines is 1. The molecule has 1 saturated heterocycles. The first-order valence-electron chi connectivity index (χ1n) is 18.1. The molecule has 12 nitrogen and oxygen atoms in total. The minimum absolute atomic E-state index is 0.0264. The van der Waals surface area contributed by atoms with Crippen LogP contribution in [-0.4, -0.2) is 74.4 Å². The van der Waals surface area contributed by atoms with E-state index in [0.717, 1.165) is 79.7 Å². The van der Waals surface area contributed by atoms with Gasteiger partial charge in [-0.2, -0.15) is 0 Å². The molecule has 1 fully saturated rings. The quantitative estimate of drug-likeness (QED) is 0.106. The first-order chi connectivity index (χ1) is 25.3. The average Bonchev–Trinajstić information content (AvgIpc) is 3.40. The largest absolute Gasteiger partial charge is 0.493 e.